The minimum atomic E-state index is 0.166. The van der Waals surface area contributed by atoms with Crippen molar-refractivity contribution >= 4 is 18.5 Å². The molecule has 4 nitrogen and oxygen atoms in total. The molecular formula is C7H16N3ORfS. The summed E-state index contributed by atoms with van der Waals surface area (Å²) in [7, 11) is 1.92. The molecule has 0 radical (unpaired) electrons. The Morgan fingerprint density at radius 2 is 2.00 bits per heavy atom. The summed E-state index contributed by atoms with van der Waals surface area (Å²) >= 11 is 1.75. The molecule has 0 bridgehead atoms. The Morgan fingerprint density at radius 1 is 1.31 bits per heavy atom. The normalized spacial score (nSPS) is 10.1. The van der Waals surface area contributed by atoms with Crippen molar-refractivity contribution in [3.05, 3.63) is 0 Å². The van der Waals surface area contributed by atoms with Gasteiger partial charge in [-0.2, -0.15) is 0 Å². The average molecular weight is 457 g/mol. The van der Waals surface area contributed by atoms with E-state index in [1.807, 2.05) is 7.05 Å². The summed E-state index contributed by atoms with van der Waals surface area (Å²) in [5, 5.41) is 9.11. The van der Waals surface area contributed by atoms with Crippen LogP contribution >= 0.6 is 12.6 Å². The quantitative estimate of drug-likeness (QED) is 0.415. The van der Waals surface area contributed by atoms with Crippen LogP contribution in [0.15, 0.2) is 0 Å². The van der Waals surface area contributed by atoms with Gasteiger partial charge in [0.2, 0.25) is 0 Å². The SMILES string of the molecule is CNCCNCCNC(=O)C[S][Rf]. The molecule has 0 unspecified atom stereocenters. The van der Waals surface area contributed by atoms with Gasteiger partial charge in [0.05, 0.1) is 0 Å². The Balaban J connectivity index is 3.02. The van der Waals surface area contributed by atoms with Crippen LogP contribution in [0.25, 0.3) is 0 Å². The average Bonchev–Trinajstić information content (AvgIpc) is 2.11. The van der Waals surface area contributed by atoms with Crippen molar-refractivity contribution in [1.82, 2.24) is 16.0 Å². The number of nitrogens with one attached hydrogen (secondary N) is 3. The first-order valence-electron chi connectivity index (χ1n) is 4.30. The van der Waals surface area contributed by atoms with E-state index in [0.29, 0.717) is 5.75 Å². The molecule has 0 aromatic carbocycles. The van der Waals surface area contributed by atoms with Crippen molar-refractivity contribution in [1.29, 1.82) is 0 Å². The summed E-state index contributed by atoms with van der Waals surface area (Å²) in [4.78, 5) is 11.0. The summed E-state index contributed by atoms with van der Waals surface area (Å²) in [5.74, 6) is 0.811. The second kappa shape index (κ2) is 8.83. The molecule has 0 aliphatic carbocycles. The third-order valence-corrected chi connectivity index (χ3v) is 4.65. The van der Waals surface area contributed by atoms with Gasteiger partial charge in [-0.1, -0.05) is 0 Å². The van der Waals surface area contributed by atoms with Crippen molar-refractivity contribution < 1.29 is 4.79 Å². The van der Waals surface area contributed by atoms with E-state index >= 15 is 0 Å². The molecule has 0 fully saturated rings. The van der Waals surface area contributed by atoms with Crippen LogP contribution < -0.4 is 16.0 Å². The number of hydrogen-bond donors (Lipinski definition) is 3. The predicted octanol–water partition coefficient (Wildman–Crippen LogP) is -0.891. The first-order valence-corrected chi connectivity index (χ1v) is 13.3. The summed E-state index contributed by atoms with van der Waals surface area (Å²) in [6.45, 7) is 3.50. The van der Waals surface area contributed by atoms with E-state index in [2.05, 4.69) is 16.0 Å². The van der Waals surface area contributed by atoms with E-state index in [-0.39, 0.29) is 5.91 Å². The second-order valence-electron chi connectivity index (χ2n) is 2.55. The van der Waals surface area contributed by atoms with Gasteiger partial charge in [-0.3, -0.25) is 0 Å². The molecule has 0 saturated heterocycles. The standard InChI is InChI=1S/C7H17N3OS.Rf/c1-8-2-3-9-4-5-10-7(11)6-12;/h8-9,12H,2-6H2,1H3,(H,10,11);/q;+1/p-1. The molecule has 0 aliphatic heterocycles. The Labute approximate surface area is 78.9 Å². The topological polar surface area (TPSA) is 53.2 Å². The van der Waals surface area contributed by atoms with Crippen molar-refractivity contribution in [3.63, 3.8) is 0 Å². The maximum absolute atomic E-state index is 11.0. The monoisotopic (exact) mass is 457 g/mol. The number of likely N-dealkylation sites (N-methyl/N-ethyl adjacent to an activating group) is 1. The molecule has 0 spiro atoms. The van der Waals surface area contributed by atoms with Crippen LogP contribution in [0.5, 0.6) is 0 Å². The van der Waals surface area contributed by atoms with Gasteiger partial charge in [0.1, 0.15) is 0 Å². The Bertz CT molecular complexity index is 137. The van der Waals surface area contributed by atoms with Gasteiger partial charge in [0.15, 0.2) is 0 Å². The van der Waals surface area contributed by atoms with E-state index in [9.17, 15) is 4.79 Å². The zero-order chi connectivity index (χ0) is 9.94. The van der Waals surface area contributed by atoms with Crippen molar-refractivity contribution in [2.75, 3.05) is 39.0 Å². The van der Waals surface area contributed by atoms with Crippen LogP contribution in [-0.4, -0.2) is 44.9 Å². The van der Waals surface area contributed by atoms with Crippen molar-refractivity contribution in [3.8, 4) is 0 Å². The van der Waals surface area contributed by atoms with E-state index in [4.69, 9.17) is 0 Å². The van der Waals surface area contributed by atoms with Crippen molar-refractivity contribution in [2.45, 2.75) is 0 Å². The van der Waals surface area contributed by atoms with Gasteiger partial charge >= 0.3 is 78.3 Å². The molecule has 3 N–H and O–H groups in total. The molecule has 1 amide bonds. The van der Waals surface area contributed by atoms with Crippen LogP contribution in [0.1, 0.15) is 0 Å². The summed E-state index contributed by atoms with van der Waals surface area (Å²) in [5.41, 5.74) is 0. The van der Waals surface area contributed by atoms with Gasteiger partial charge in [0.25, 0.3) is 0 Å². The third-order valence-electron chi connectivity index (χ3n) is 1.41. The molecule has 6 heteroatoms. The third kappa shape index (κ3) is 8.65. The number of carbonyl (C=O) groups is 1. The molecule has 0 saturated carbocycles. The van der Waals surface area contributed by atoms with Gasteiger partial charge in [-0.25, -0.2) is 0 Å². The summed E-state index contributed by atoms with van der Waals surface area (Å²) < 4.78 is 0.578. The molecule has 13 heavy (non-hydrogen) atoms. The number of hydrogen-bond acceptors (Lipinski definition) is 4. The first-order chi connectivity index (χ1) is 6.31. The fourth-order valence-corrected chi connectivity index (χ4v) is 3.58. The maximum atomic E-state index is 11.0. The number of carbonyl (C=O) groups excluding carboxylic acids is 1. The van der Waals surface area contributed by atoms with E-state index in [1.165, 1.54) is 0 Å². The Hall–Kier alpha value is -1.26. The predicted molar refractivity (Wildman–Crippen MR) is 52.3 cm³/mol. The zero-order valence-corrected chi connectivity index (χ0v) is 15.3. The molecule has 0 aromatic rings. The molecular weight excluding hydrogens is 441 g/mol. The fraction of sp³-hybridized carbons (Fsp3) is 0.857. The minimum absolute atomic E-state index is 0.166. The number of amides is 1. The van der Waals surface area contributed by atoms with E-state index in [0.717, 1.165) is 26.2 Å². The molecule has 73 valence electrons. The van der Waals surface area contributed by atoms with E-state index < -0.39 is 0 Å². The van der Waals surface area contributed by atoms with Gasteiger partial charge in [0, 0.05) is 0 Å². The number of rotatable bonds is 8. The van der Waals surface area contributed by atoms with Crippen LogP contribution in [0, 0.1) is 0 Å². The molecule has 0 heterocycles. The van der Waals surface area contributed by atoms with Crippen molar-refractivity contribution in [2.24, 2.45) is 0 Å². The van der Waals surface area contributed by atoms with E-state index in [1.54, 1.807) is 12.6 Å². The van der Waals surface area contributed by atoms with Crippen LogP contribution in [0.2, 0.25) is 0 Å². The van der Waals surface area contributed by atoms with Crippen LogP contribution in [0.4, 0.5) is 0 Å². The molecule has 0 aromatic heterocycles. The summed E-state index contributed by atoms with van der Waals surface area (Å²) in [6, 6.07) is 0. The zero-order valence-electron chi connectivity index (χ0n) is 8.06. The molecule has 0 atom stereocenters. The Morgan fingerprint density at radius 3 is 2.62 bits per heavy atom. The summed E-state index contributed by atoms with van der Waals surface area (Å²) in [6.07, 6.45) is 0. The Kier molecular flexibility index (Phi) is 7.98. The second-order valence-corrected chi connectivity index (χ2v) is 8.79. The van der Waals surface area contributed by atoms with Gasteiger partial charge in [-0.15, -0.1) is 0 Å². The molecule has 0 aliphatic rings. The van der Waals surface area contributed by atoms with Gasteiger partial charge in [-0.05, 0) is 0 Å². The first kappa shape index (κ1) is 11.7. The van der Waals surface area contributed by atoms with Gasteiger partial charge < -0.3 is 0 Å². The molecule has 0 rings (SSSR count). The van der Waals surface area contributed by atoms with Crippen LogP contribution in [-0.2, 0) is 4.79 Å². The van der Waals surface area contributed by atoms with Crippen LogP contribution in [0.3, 0.4) is 0 Å². The fourth-order valence-electron chi connectivity index (χ4n) is 0.772.